The van der Waals surface area contributed by atoms with E-state index in [-0.39, 0.29) is 0 Å². The lowest BCUT2D eigenvalue weighted by Gasteiger charge is -2.02. The molecule has 0 bridgehead atoms. The van der Waals surface area contributed by atoms with Gasteiger partial charge in [-0.25, -0.2) is 15.0 Å². The first kappa shape index (κ1) is 12.4. The third kappa shape index (κ3) is 2.61. The molecule has 90 valence electrons. The van der Waals surface area contributed by atoms with E-state index in [2.05, 4.69) is 28.5 Å². The van der Waals surface area contributed by atoms with Crippen LogP contribution in [-0.2, 0) is 6.54 Å². The molecule has 0 atom stereocenters. The summed E-state index contributed by atoms with van der Waals surface area (Å²) in [7, 11) is 0. The van der Waals surface area contributed by atoms with Crippen molar-refractivity contribution in [1.29, 1.82) is 0 Å². The Morgan fingerprint density at radius 2 is 2.35 bits per heavy atom. The molecule has 0 aliphatic rings. The lowest BCUT2D eigenvalue weighted by molar-refractivity contribution is 0.826. The number of allylic oxidation sites excluding steroid dienone is 1. The minimum atomic E-state index is 0.413. The second-order valence-electron chi connectivity index (χ2n) is 3.50. The summed E-state index contributed by atoms with van der Waals surface area (Å²) in [6.07, 6.45) is 4.59. The highest BCUT2D eigenvalue weighted by Gasteiger charge is 2.11. The summed E-state index contributed by atoms with van der Waals surface area (Å²) in [5.41, 5.74) is 1.41. The SMILES string of the molecule is C=CCn1cnc2c(Cl)nc(SCCC)nc21. The molecular formula is C11H13ClN4S. The predicted molar refractivity (Wildman–Crippen MR) is 71.5 cm³/mol. The highest BCUT2D eigenvalue weighted by molar-refractivity contribution is 7.99. The zero-order valence-electron chi connectivity index (χ0n) is 9.56. The van der Waals surface area contributed by atoms with Gasteiger partial charge in [-0.2, -0.15) is 0 Å². The zero-order chi connectivity index (χ0) is 12.3. The topological polar surface area (TPSA) is 43.6 Å². The number of hydrogen-bond acceptors (Lipinski definition) is 4. The minimum absolute atomic E-state index is 0.413. The standard InChI is InChI=1S/C11H13ClN4S/c1-3-5-16-7-13-8-9(12)14-11(15-10(8)16)17-6-4-2/h3,7H,1,4-6H2,2H3. The number of fused-ring (bicyclic) bond motifs is 1. The van der Waals surface area contributed by atoms with Crippen LogP contribution in [0.25, 0.3) is 11.2 Å². The van der Waals surface area contributed by atoms with Gasteiger partial charge in [-0.3, -0.25) is 0 Å². The van der Waals surface area contributed by atoms with E-state index < -0.39 is 0 Å². The van der Waals surface area contributed by atoms with Gasteiger partial charge in [0.1, 0.15) is 5.52 Å². The molecule has 0 spiro atoms. The van der Waals surface area contributed by atoms with Gasteiger partial charge in [0.05, 0.1) is 6.33 Å². The van der Waals surface area contributed by atoms with Gasteiger partial charge in [0.15, 0.2) is 16.0 Å². The van der Waals surface area contributed by atoms with E-state index in [0.717, 1.165) is 17.8 Å². The van der Waals surface area contributed by atoms with Crippen LogP contribution in [0, 0.1) is 0 Å². The van der Waals surface area contributed by atoms with Crippen molar-refractivity contribution in [3.05, 3.63) is 24.1 Å². The van der Waals surface area contributed by atoms with E-state index in [1.54, 1.807) is 24.2 Å². The zero-order valence-corrected chi connectivity index (χ0v) is 11.1. The Bertz CT molecular complexity index is 537. The fourth-order valence-corrected chi connectivity index (χ4v) is 2.38. The van der Waals surface area contributed by atoms with Gasteiger partial charge in [-0.05, 0) is 6.42 Å². The van der Waals surface area contributed by atoms with Crippen LogP contribution in [0.1, 0.15) is 13.3 Å². The third-order valence-corrected chi connectivity index (χ3v) is 3.48. The van der Waals surface area contributed by atoms with Crippen molar-refractivity contribution in [2.24, 2.45) is 0 Å². The summed E-state index contributed by atoms with van der Waals surface area (Å²) in [4.78, 5) is 12.9. The van der Waals surface area contributed by atoms with E-state index >= 15 is 0 Å². The molecule has 0 saturated carbocycles. The maximum Gasteiger partial charge on any atom is 0.191 e. The number of nitrogens with zero attached hydrogens (tertiary/aromatic N) is 4. The molecule has 0 unspecified atom stereocenters. The average molecular weight is 269 g/mol. The normalized spacial score (nSPS) is 10.9. The largest absolute Gasteiger partial charge is 0.311 e. The Morgan fingerprint density at radius 3 is 3.06 bits per heavy atom. The highest BCUT2D eigenvalue weighted by atomic mass is 35.5. The van der Waals surface area contributed by atoms with Crippen molar-refractivity contribution in [3.63, 3.8) is 0 Å². The van der Waals surface area contributed by atoms with Crippen LogP contribution in [0.4, 0.5) is 0 Å². The van der Waals surface area contributed by atoms with Gasteiger partial charge < -0.3 is 4.57 Å². The smallest absolute Gasteiger partial charge is 0.191 e. The summed E-state index contributed by atoms with van der Waals surface area (Å²) >= 11 is 7.69. The molecule has 2 rings (SSSR count). The van der Waals surface area contributed by atoms with Gasteiger partial charge in [0.25, 0.3) is 0 Å². The van der Waals surface area contributed by atoms with Crippen molar-refractivity contribution >= 4 is 34.5 Å². The molecule has 0 radical (unpaired) electrons. The molecule has 0 amide bonds. The molecular weight excluding hydrogens is 256 g/mol. The van der Waals surface area contributed by atoms with Crippen molar-refractivity contribution in [2.75, 3.05) is 5.75 Å². The molecule has 0 aliphatic carbocycles. The molecule has 0 N–H and O–H groups in total. The summed E-state index contributed by atoms with van der Waals surface area (Å²) in [6.45, 7) is 6.50. The van der Waals surface area contributed by atoms with Gasteiger partial charge in [-0.1, -0.05) is 36.4 Å². The predicted octanol–water partition coefficient (Wildman–Crippen LogP) is 3.17. The van der Waals surface area contributed by atoms with Crippen molar-refractivity contribution in [2.45, 2.75) is 25.0 Å². The lowest BCUT2D eigenvalue weighted by Crippen LogP contribution is -1.97. The van der Waals surface area contributed by atoms with Crippen LogP contribution >= 0.6 is 23.4 Å². The first-order valence-electron chi connectivity index (χ1n) is 5.38. The average Bonchev–Trinajstić information content (AvgIpc) is 2.71. The highest BCUT2D eigenvalue weighted by Crippen LogP contribution is 2.23. The van der Waals surface area contributed by atoms with Gasteiger partial charge in [0, 0.05) is 12.3 Å². The molecule has 0 aliphatic heterocycles. The maximum absolute atomic E-state index is 6.09. The molecule has 17 heavy (non-hydrogen) atoms. The summed E-state index contributed by atoms with van der Waals surface area (Å²) in [5.74, 6) is 0.984. The van der Waals surface area contributed by atoms with Crippen molar-refractivity contribution in [1.82, 2.24) is 19.5 Å². The Labute approximate surface area is 109 Å². The van der Waals surface area contributed by atoms with Crippen LogP contribution in [0.5, 0.6) is 0 Å². The lowest BCUT2D eigenvalue weighted by atomic mass is 10.5. The second-order valence-corrected chi connectivity index (χ2v) is 4.92. The molecule has 4 nitrogen and oxygen atoms in total. The Morgan fingerprint density at radius 1 is 1.53 bits per heavy atom. The number of halogens is 1. The van der Waals surface area contributed by atoms with E-state index in [9.17, 15) is 0 Å². The number of hydrogen-bond donors (Lipinski definition) is 0. The molecule has 2 aromatic rings. The summed E-state index contributed by atoms with van der Waals surface area (Å²) in [5, 5.41) is 1.12. The number of aromatic nitrogens is 4. The molecule has 0 aromatic carbocycles. The molecule has 2 aromatic heterocycles. The van der Waals surface area contributed by atoms with Crippen molar-refractivity contribution in [3.8, 4) is 0 Å². The molecule has 0 fully saturated rings. The first-order chi connectivity index (χ1) is 8.26. The minimum Gasteiger partial charge on any atom is -0.311 e. The Kier molecular flexibility index (Phi) is 4.02. The quantitative estimate of drug-likeness (QED) is 0.362. The number of rotatable bonds is 5. The van der Waals surface area contributed by atoms with Crippen LogP contribution in [0.2, 0.25) is 5.15 Å². The molecule has 2 heterocycles. The number of imidazole rings is 1. The first-order valence-corrected chi connectivity index (χ1v) is 6.74. The summed E-state index contributed by atoms with van der Waals surface area (Å²) in [6, 6.07) is 0. The third-order valence-electron chi connectivity index (χ3n) is 2.16. The van der Waals surface area contributed by atoms with E-state index in [4.69, 9.17) is 11.6 Å². The fraction of sp³-hybridized carbons (Fsp3) is 0.364. The maximum atomic E-state index is 6.09. The van der Waals surface area contributed by atoms with Gasteiger partial charge >= 0.3 is 0 Å². The molecule has 0 saturated heterocycles. The molecule has 6 heteroatoms. The second kappa shape index (κ2) is 5.51. The van der Waals surface area contributed by atoms with Crippen molar-refractivity contribution < 1.29 is 0 Å². The van der Waals surface area contributed by atoms with Crippen LogP contribution in [-0.4, -0.2) is 25.3 Å². The Balaban J connectivity index is 2.44. The Hall–Kier alpha value is -1.07. The van der Waals surface area contributed by atoms with Gasteiger partial charge in [-0.15, -0.1) is 6.58 Å². The fourth-order valence-electron chi connectivity index (χ4n) is 1.42. The monoisotopic (exact) mass is 268 g/mol. The van der Waals surface area contributed by atoms with E-state index in [1.807, 2.05) is 4.57 Å². The van der Waals surface area contributed by atoms with E-state index in [1.165, 1.54) is 0 Å². The van der Waals surface area contributed by atoms with Crippen LogP contribution in [0.3, 0.4) is 0 Å². The summed E-state index contributed by atoms with van der Waals surface area (Å²) < 4.78 is 1.91. The van der Waals surface area contributed by atoms with Crippen LogP contribution < -0.4 is 0 Å². The van der Waals surface area contributed by atoms with Crippen LogP contribution in [0.15, 0.2) is 24.1 Å². The van der Waals surface area contributed by atoms with E-state index in [0.29, 0.717) is 22.4 Å². The number of thioether (sulfide) groups is 1. The van der Waals surface area contributed by atoms with Gasteiger partial charge in [0.2, 0.25) is 0 Å².